The first-order valence-corrected chi connectivity index (χ1v) is 12.9. The third kappa shape index (κ3) is 13.4. The number of alkyl halides is 6. The Kier molecular flexibility index (Phi) is 14.2. The Morgan fingerprint density at radius 2 is 1.38 bits per heavy atom. The second kappa shape index (κ2) is 17.0. The van der Waals surface area contributed by atoms with E-state index < -0.39 is 42.1 Å². The molecule has 0 aliphatic carbocycles. The van der Waals surface area contributed by atoms with E-state index in [0.717, 1.165) is 16.5 Å². The van der Waals surface area contributed by atoms with Crippen molar-refractivity contribution in [3.05, 3.63) is 71.4 Å². The van der Waals surface area contributed by atoms with Crippen LogP contribution in [-0.4, -0.2) is 75.3 Å². The van der Waals surface area contributed by atoms with Gasteiger partial charge in [-0.05, 0) is 30.5 Å². The van der Waals surface area contributed by atoms with Crippen molar-refractivity contribution in [3.8, 4) is 0 Å². The molecule has 12 N–H and O–H groups in total. The molecule has 3 rings (SSSR count). The number of rotatable bonds is 10. The maximum atomic E-state index is 13.2. The van der Waals surface area contributed by atoms with E-state index in [1.165, 1.54) is 0 Å². The summed E-state index contributed by atoms with van der Waals surface area (Å²) in [5.74, 6) is -6.59. The quantitative estimate of drug-likeness (QED) is 0.0673. The van der Waals surface area contributed by atoms with Gasteiger partial charge in [0.2, 0.25) is 5.91 Å². The SMILES string of the molecule is N=C(N)c1ccc(Cn2c(C(=O)N[C@@H](CCCN=C(N)N)C(N)=O)cc3ccccc32)cc1.O=C(O)C(F)(F)F.O=C(O)C(F)(F)F. The number of nitrogen functional groups attached to an aromatic ring is 1. The van der Waals surface area contributed by atoms with Crippen LogP contribution in [-0.2, 0) is 20.9 Å². The number of aliphatic carboxylic acids is 2. The van der Waals surface area contributed by atoms with E-state index in [2.05, 4.69) is 10.3 Å². The number of carboxylic acids is 2. The summed E-state index contributed by atoms with van der Waals surface area (Å²) in [5, 5.41) is 25.4. The zero-order valence-electron chi connectivity index (χ0n) is 24.1. The highest BCUT2D eigenvalue weighted by atomic mass is 19.4. The fourth-order valence-electron chi connectivity index (χ4n) is 3.56. The Morgan fingerprint density at radius 1 is 0.872 bits per heavy atom. The predicted molar refractivity (Wildman–Crippen MR) is 156 cm³/mol. The number of fused-ring (bicyclic) bond motifs is 1. The number of hydrogen-bond donors (Lipinski definition) is 8. The maximum Gasteiger partial charge on any atom is 0.490 e. The molecule has 0 saturated heterocycles. The zero-order chi connectivity index (χ0) is 36.1. The van der Waals surface area contributed by atoms with Crippen molar-refractivity contribution in [2.75, 3.05) is 6.54 Å². The number of nitrogens with two attached hydrogens (primary N) is 4. The van der Waals surface area contributed by atoms with Gasteiger partial charge in [-0.3, -0.25) is 20.0 Å². The Hall–Kier alpha value is -5.82. The fourth-order valence-corrected chi connectivity index (χ4v) is 3.56. The summed E-state index contributed by atoms with van der Waals surface area (Å²) in [5.41, 5.74) is 24.5. The molecule has 1 heterocycles. The van der Waals surface area contributed by atoms with Crippen LogP contribution in [0.5, 0.6) is 0 Å². The molecule has 1 atom stereocenters. The van der Waals surface area contributed by atoms with E-state index in [4.69, 9.17) is 48.1 Å². The molecule has 0 fully saturated rings. The van der Waals surface area contributed by atoms with E-state index in [1.807, 2.05) is 41.0 Å². The lowest BCUT2D eigenvalue weighted by molar-refractivity contribution is -0.193. The number of nitrogens with one attached hydrogen (secondary N) is 2. The van der Waals surface area contributed by atoms with Crippen LogP contribution in [0.15, 0.2) is 59.6 Å². The van der Waals surface area contributed by atoms with E-state index in [0.29, 0.717) is 37.2 Å². The summed E-state index contributed by atoms with van der Waals surface area (Å²) in [7, 11) is 0. The average Bonchev–Trinajstić information content (AvgIpc) is 3.32. The first-order valence-electron chi connectivity index (χ1n) is 12.9. The number of aromatic nitrogens is 1. The van der Waals surface area contributed by atoms with Crippen molar-refractivity contribution in [1.29, 1.82) is 5.41 Å². The highest BCUT2D eigenvalue weighted by Gasteiger charge is 2.38. The Bertz CT molecular complexity index is 1580. The molecule has 47 heavy (non-hydrogen) atoms. The Morgan fingerprint density at radius 3 is 1.83 bits per heavy atom. The molecule has 0 aliphatic rings. The number of hydrogen-bond acceptors (Lipinski definition) is 6. The summed E-state index contributed by atoms with van der Waals surface area (Å²) in [6.07, 6.45) is -9.37. The number of carbonyl (C=O) groups is 4. The van der Waals surface area contributed by atoms with Gasteiger partial charge in [-0.15, -0.1) is 0 Å². The van der Waals surface area contributed by atoms with Gasteiger partial charge in [-0.25, -0.2) is 9.59 Å². The molecule has 0 radical (unpaired) electrons. The number of benzene rings is 2. The number of carboxylic acid groups (broad SMARTS) is 2. The normalized spacial score (nSPS) is 11.5. The summed E-state index contributed by atoms with van der Waals surface area (Å²) in [6.45, 7) is 0.749. The molecule has 256 valence electrons. The lowest BCUT2D eigenvalue weighted by Gasteiger charge is -2.17. The minimum Gasteiger partial charge on any atom is -0.475 e. The van der Waals surface area contributed by atoms with Crippen LogP contribution in [0.25, 0.3) is 10.9 Å². The average molecular weight is 677 g/mol. The van der Waals surface area contributed by atoms with Gasteiger partial charge in [-0.2, -0.15) is 26.3 Å². The van der Waals surface area contributed by atoms with Gasteiger partial charge in [0.1, 0.15) is 17.6 Å². The van der Waals surface area contributed by atoms with Crippen molar-refractivity contribution in [3.63, 3.8) is 0 Å². The number of guanidine groups is 1. The van der Waals surface area contributed by atoms with Crippen molar-refractivity contribution in [2.24, 2.45) is 27.9 Å². The fraction of sp³-hybridized carbons (Fsp3) is 0.259. The second-order valence-corrected chi connectivity index (χ2v) is 9.27. The van der Waals surface area contributed by atoms with Crippen molar-refractivity contribution in [1.82, 2.24) is 9.88 Å². The smallest absolute Gasteiger partial charge is 0.475 e. The van der Waals surface area contributed by atoms with E-state index in [-0.39, 0.29) is 11.8 Å². The number of para-hydroxylation sites is 1. The van der Waals surface area contributed by atoms with Crippen LogP contribution in [0.1, 0.15) is 34.5 Å². The van der Waals surface area contributed by atoms with Crippen LogP contribution in [0.2, 0.25) is 0 Å². The van der Waals surface area contributed by atoms with Crippen LogP contribution in [0, 0.1) is 5.41 Å². The molecule has 1 aromatic heterocycles. The van der Waals surface area contributed by atoms with Crippen LogP contribution < -0.4 is 28.3 Å². The first-order chi connectivity index (χ1) is 21.6. The van der Waals surface area contributed by atoms with Gasteiger partial charge >= 0.3 is 24.3 Å². The molecule has 0 saturated carbocycles. The van der Waals surface area contributed by atoms with Gasteiger partial charge in [0.25, 0.3) is 5.91 Å². The lowest BCUT2D eigenvalue weighted by atomic mass is 10.1. The molecule has 20 heteroatoms. The van der Waals surface area contributed by atoms with E-state index >= 15 is 0 Å². The third-order valence-corrected chi connectivity index (χ3v) is 5.73. The number of aliphatic imine (C=N–C) groups is 1. The topological polar surface area (TPSA) is 266 Å². The van der Waals surface area contributed by atoms with Crippen molar-refractivity contribution in [2.45, 2.75) is 37.8 Å². The van der Waals surface area contributed by atoms with E-state index in [9.17, 15) is 35.9 Å². The molecular weight excluding hydrogens is 646 g/mol. The number of halogens is 6. The van der Waals surface area contributed by atoms with Gasteiger partial charge in [0.15, 0.2) is 5.96 Å². The second-order valence-electron chi connectivity index (χ2n) is 9.27. The molecule has 3 aromatic rings. The molecule has 14 nitrogen and oxygen atoms in total. The van der Waals surface area contributed by atoms with Gasteiger partial charge < -0.3 is 43.0 Å². The minimum absolute atomic E-state index is 0.00892. The number of primary amides is 1. The standard InChI is InChI=1S/C23H28N8O2.2C2HF3O2/c24-20(25)15-9-7-14(8-10-15)13-31-18-6-2-1-4-16(18)12-19(31)22(33)30-17(21(26)32)5-3-11-29-23(27)28;2*3-2(4,5)1(6)7/h1-2,4,6-10,12,17H,3,5,11,13H2,(H3,24,25)(H2,26,32)(H,30,33)(H4,27,28,29);2*(H,6,7)/t17-;;/m0../s1. The Labute approximate surface area is 261 Å². The molecule has 0 unspecified atom stereocenters. The maximum absolute atomic E-state index is 13.2. The molecule has 2 amide bonds. The summed E-state index contributed by atoms with van der Waals surface area (Å²) >= 11 is 0. The summed E-state index contributed by atoms with van der Waals surface area (Å²) < 4.78 is 65.4. The zero-order valence-corrected chi connectivity index (χ0v) is 24.1. The highest BCUT2D eigenvalue weighted by molar-refractivity contribution is 6.00. The number of carbonyl (C=O) groups excluding carboxylic acids is 2. The molecule has 0 aliphatic heterocycles. The van der Waals surface area contributed by atoms with Gasteiger partial charge in [0, 0.05) is 29.6 Å². The molecular formula is C27H30F6N8O6. The first kappa shape index (κ1) is 39.2. The van der Waals surface area contributed by atoms with Crippen LogP contribution >= 0.6 is 0 Å². The number of nitrogens with zero attached hydrogens (tertiary/aromatic N) is 2. The van der Waals surface area contributed by atoms with Crippen molar-refractivity contribution >= 4 is 46.5 Å². The predicted octanol–water partition coefficient (Wildman–Crippen LogP) is 1.88. The molecule has 2 aromatic carbocycles. The number of amides is 2. The monoisotopic (exact) mass is 676 g/mol. The van der Waals surface area contributed by atoms with Crippen molar-refractivity contribution < 1.29 is 55.7 Å². The highest BCUT2D eigenvalue weighted by Crippen LogP contribution is 2.22. The van der Waals surface area contributed by atoms with Gasteiger partial charge in [-0.1, -0.05) is 42.5 Å². The van der Waals surface area contributed by atoms with E-state index in [1.54, 1.807) is 18.2 Å². The third-order valence-electron chi connectivity index (χ3n) is 5.73. The Balaban J connectivity index is 0.000000658. The summed E-state index contributed by atoms with van der Waals surface area (Å²) in [4.78, 5) is 46.8. The minimum atomic E-state index is -5.08. The number of amidine groups is 1. The lowest BCUT2D eigenvalue weighted by Crippen LogP contribution is -2.45. The van der Waals surface area contributed by atoms with Gasteiger partial charge in [0.05, 0.1) is 0 Å². The van der Waals surface area contributed by atoms with Crippen LogP contribution in [0.3, 0.4) is 0 Å². The van der Waals surface area contributed by atoms with Crippen LogP contribution in [0.4, 0.5) is 26.3 Å². The summed E-state index contributed by atoms with van der Waals surface area (Å²) in [6, 6.07) is 15.8. The molecule has 0 bridgehead atoms. The molecule has 0 spiro atoms. The largest absolute Gasteiger partial charge is 0.490 e.